The number of aromatic nitrogens is 3. The number of rotatable bonds is 4. The van der Waals surface area contributed by atoms with Crippen LogP contribution in [0.4, 0.5) is 9.18 Å². The van der Waals surface area contributed by atoms with Crippen molar-refractivity contribution in [3.63, 3.8) is 0 Å². The van der Waals surface area contributed by atoms with Crippen LogP contribution in [0.5, 0.6) is 0 Å². The van der Waals surface area contributed by atoms with Crippen molar-refractivity contribution in [3.8, 4) is 23.4 Å². The lowest BCUT2D eigenvalue weighted by molar-refractivity contribution is 0.185. The lowest BCUT2D eigenvalue weighted by Gasteiger charge is -2.08. The molecule has 0 bridgehead atoms. The minimum absolute atomic E-state index is 0.173. The highest BCUT2D eigenvalue weighted by atomic mass is 19.1. The Hall–Kier alpha value is -3.73. The second-order valence-electron chi connectivity index (χ2n) is 5.56. The van der Waals surface area contributed by atoms with E-state index in [1.807, 2.05) is 0 Å². The van der Waals surface area contributed by atoms with E-state index in [1.165, 1.54) is 12.1 Å². The largest absolute Gasteiger partial charge is 0.465 e. The molecule has 2 aromatic heterocycles. The van der Waals surface area contributed by atoms with E-state index in [2.05, 4.69) is 32.3 Å². The van der Waals surface area contributed by atoms with Crippen molar-refractivity contribution in [1.82, 2.24) is 20.4 Å². The Kier molecular flexibility index (Phi) is 5.42. The monoisotopic (exact) mass is 366 g/mol. The van der Waals surface area contributed by atoms with E-state index >= 15 is 0 Å². The number of amides is 1. The lowest BCUT2D eigenvalue weighted by Crippen LogP contribution is -2.26. The highest BCUT2D eigenvalue weighted by Crippen LogP contribution is 2.19. The number of carbonyl (C=O) groups is 1. The smallest absolute Gasteiger partial charge is 0.405 e. The van der Waals surface area contributed by atoms with Gasteiger partial charge in [0.2, 0.25) is 11.7 Å². The van der Waals surface area contributed by atoms with Gasteiger partial charge in [-0.3, -0.25) is 4.98 Å². The Labute approximate surface area is 154 Å². The van der Waals surface area contributed by atoms with Crippen LogP contribution in [-0.4, -0.2) is 26.3 Å². The molecule has 0 aliphatic rings. The Balaban J connectivity index is 1.75. The number of hydrogen-bond donors (Lipinski definition) is 2. The summed E-state index contributed by atoms with van der Waals surface area (Å²) in [7, 11) is 0. The van der Waals surface area contributed by atoms with Crippen LogP contribution in [0.15, 0.2) is 47.1 Å². The van der Waals surface area contributed by atoms with Gasteiger partial charge < -0.3 is 14.9 Å². The Morgan fingerprint density at radius 2 is 2.11 bits per heavy atom. The molecular formula is C19H15FN4O3. The van der Waals surface area contributed by atoms with Gasteiger partial charge in [-0.15, -0.1) is 0 Å². The van der Waals surface area contributed by atoms with Crippen molar-refractivity contribution in [2.24, 2.45) is 0 Å². The highest BCUT2D eigenvalue weighted by molar-refractivity contribution is 5.65. The molecule has 0 aliphatic carbocycles. The standard InChI is InChI=1S/C19H15FN4O3/c1-2-15(22-19(25)26)18-23-17(24-27-18)16-9-8-13(11-21-16)7-6-12-4-3-5-14(20)10-12/h3-5,8-11,15,22H,2H2,1H3,(H,25,26). The van der Waals surface area contributed by atoms with Gasteiger partial charge in [0.25, 0.3) is 0 Å². The molecule has 2 heterocycles. The summed E-state index contributed by atoms with van der Waals surface area (Å²) >= 11 is 0. The van der Waals surface area contributed by atoms with Crippen LogP contribution < -0.4 is 5.32 Å². The average molecular weight is 366 g/mol. The van der Waals surface area contributed by atoms with Crippen molar-refractivity contribution in [1.29, 1.82) is 0 Å². The molecule has 1 unspecified atom stereocenters. The van der Waals surface area contributed by atoms with Crippen molar-refractivity contribution in [3.05, 3.63) is 65.4 Å². The zero-order valence-electron chi connectivity index (χ0n) is 14.3. The zero-order chi connectivity index (χ0) is 19.2. The number of carboxylic acid groups (broad SMARTS) is 1. The molecule has 27 heavy (non-hydrogen) atoms. The summed E-state index contributed by atoms with van der Waals surface area (Å²) in [5.74, 6) is 5.85. The molecule has 136 valence electrons. The normalized spacial score (nSPS) is 11.3. The van der Waals surface area contributed by atoms with Gasteiger partial charge in [0.15, 0.2) is 0 Å². The van der Waals surface area contributed by atoms with E-state index < -0.39 is 12.1 Å². The molecule has 8 heteroatoms. The molecule has 1 aromatic carbocycles. The minimum Gasteiger partial charge on any atom is -0.465 e. The van der Waals surface area contributed by atoms with Crippen LogP contribution in [0.2, 0.25) is 0 Å². The average Bonchev–Trinajstić information content (AvgIpc) is 3.15. The van der Waals surface area contributed by atoms with Gasteiger partial charge in [-0.2, -0.15) is 4.98 Å². The van der Waals surface area contributed by atoms with Crippen molar-refractivity contribution < 1.29 is 18.8 Å². The summed E-state index contributed by atoms with van der Waals surface area (Å²) in [5.41, 5.74) is 1.68. The van der Waals surface area contributed by atoms with Crippen molar-refractivity contribution >= 4 is 6.09 Å². The van der Waals surface area contributed by atoms with Crippen molar-refractivity contribution in [2.75, 3.05) is 0 Å². The van der Waals surface area contributed by atoms with Crippen molar-refractivity contribution in [2.45, 2.75) is 19.4 Å². The SMILES string of the molecule is CCC(NC(=O)O)c1nc(-c2ccc(C#Cc3cccc(F)c3)cn2)no1. The quantitative estimate of drug-likeness (QED) is 0.687. The summed E-state index contributed by atoms with van der Waals surface area (Å²) in [6.07, 6.45) is 0.849. The predicted octanol–water partition coefficient (Wildman–Crippen LogP) is 3.39. The number of hydrogen-bond acceptors (Lipinski definition) is 5. The van der Waals surface area contributed by atoms with Gasteiger partial charge in [-0.05, 0) is 36.8 Å². The number of pyridine rings is 1. The number of halogens is 1. The van der Waals surface area contributed by atoms with E-state index in [0.29, 0.717) is 23.2 Å². The Bertz CT molecular complexity index is 1010. The van der Waals surface area contributed by atoms with E-state index in [1.54, 1.807) is 37.4 Å². The molecule has 0 saturated heterocycles. The molecule has 0 saturated carbocycles. The molecule has 7 nitrogen and oxygen atoms in total. The first-order valence-electron chi connectivity index (χ1n) is 8.12. The third kappa shape index (κ3) is 4.67. The fourth-order valence-corrected chi connectivity index (χ4v) is 2.28. The van der Waals surface area contributed by atoms with E-state index in [4.69, 9.17) is 9.63 Å². The second-order valence-corrected chi connectivity index (χ2v) is 5.56. The molecular weight excluding hydrogens is 351 g/mol. The summed E-state index contributed by atoms with van der Waals surface area (Å²) in [4.78, 5) is 19.2. The minimum atomic E-state index is -1.17. The van der Waals surface area contributed by atoms with E-state index in [-0.39, 0.29) is 17.5 Å². The predicted molar refractivity (Wildman–Crippen MR) is 94.1 cm³/mol. The van der Waals surface area contributed by atoms with E-state index in [0.717, 1.165) is 0 Å². The van der Waals surface area contributed by atoms with Gasteiger partial charge in [0.05, 0.1) is 0 Å². The molecule has 1 amide bonds. The fraction of sp³-hybridized carbons (Fsp3) is 0.158. The van der Waals surface area contributed by atoms with Gasteiger partial charge in [-0.1, -0.05) is 30.0 Å². The Morgan fingerprint density at radius 1 is 1.30 bits per heavy atom. The molecule has 0 radical (unpaired) electrons. The lowest BCUT2D eigenvalue weighted by atomic mass is 10.2. The van der Waals surface area contributed by atoms with Gasteiger partial charge in [-0.25, -0.2) is 9.18 Å². The van der Waals surface area contributed by atoms with E-state index in [9.17, 15) is 9.18 Å². The van der Waals surface area contributed by atoms with Gasteiger partial charge in [0.1, 0.15) is 17.6 Å². The maximum atomic E-state index is 13.1. The maximum absolute atomic E-state index is 13.1. The highest BCUT2D eigenvalue weighted by Gasteiger charge is 2.20. The van der Waals surface area contributed by atoms with Crippen LogP contribution in [0, 0.1) is 17.7 Å². The molecule has 3 rings (SSSR count). The first kappa shape index (κ1) is 18.1. The number of benzene rings is 1. The maximum Gasteiger partial charge on any atom is 0.405 e. The summed E-state index contributed by atoms with van der Waals surface area (Å²) in [6, 6.07) is 8.85. The van der Waals surface area contributed by atoms with Gasteiger partial charge in [0, 0.05) is 17.3 Å². The first-order valence-corrected chi connectivity index (χ1v) is 8.12. The molecule has 3 aromatic rings. The second kappa shape index (κ2) is 8.10. The first-order chi connectivity index (χ1) is 13.0. The molecule has 1 atom stereocenters. The molecule has 0 fully saturated rings. The summed E-state index contributed by atoms with van der Waals surface area (Å²) in [5, 5.41) is 15.0. The number of nitrogens with zero attached hydrogens (tertiary/aromatic N) is 3. The van der Waals surface area contributed by atoms with Crippen LogP contribution in [0.3, 0.4) is 0 Å². The van der Waals surface area contributed by atoms with Crippen LogP contribution in [0.25, 0.3) is 11.5 Å². The topological polar surface area (TPSA) is 101 Å². The summed E-state index contributed by atoms with van der Waals surface area (Å²) < 4.78 is 18.3. The van der Waals surface area contributed by atoms with Crippen LogP contribution in [-0.2, 0) is 0 Å². The fourth-order valence-electron chi connectivity index (χ4n) is 2.28. The third-order valence-electron chi connectivity index (χ3n) is 3.61. The third-order valence-corrected chi connectivity index (χ3v) is 3.61. The summed E-state index contributed by atoms with van der Waals surface area (Å²) in [6.45, 7) is 1.80. The van der Waals surface area contributed by atoms with Gasteiger partial charge >= 0.3 is 6.09 Å². The Morgan fingerprint density at radius 3 is 2.78 bits per heavy atom. The molecule has 2 N–H and O–H groups in total. The number of nitrogens with one attached hydrogen (secondary N) is 1. The van der Waals surface area contributed by atoms with Crippen LogP contribution >= 0.6 is 0 Å². The molecule has 0 aliphatic heterocycles. The molecule has 0 spiro atoms. The van der Waals surface area contributed by atoms with Crippen LogP contribution in [0.1, 0.15) is 36.4 Å². The zero-order valence-corrected chi connectivity index (χ0v) is 14.3.